The lowest BCUT2D eigenvalue weighted by atomic mass is 10.1. The topological polar surface area (TPSA) is 85.1 Å². The van der Waals surface area contributed by atoms with Crippen LogP contribution < -0.4 is 5.32 Å². The summed E-state index contributed by atoms with van der Waals surface area (Å²) in [7, 11) is 0. The second-order valence-corrected chi connectivity index (χ2v) is 6.18. The first-order valence-corrected chi connectivity index (χ1v) is 7.80. The third kappa shape index (κ3) is 3.46. The molecule has 3 rings (SSSR count). The number of ketones is 1. The number of carbonyl (C=O) groups excluding carboxylic acids is 1. The molecule has 0 spiro atoms. The van der Waals surface area contributed by atoms with Crippen molar-refractivity contribution in [2.45, 2.75) is 0 Å². The monoisotopic (exact) mass is 347 g/mol. The minimum absolute atomic E-state index is 0.00865. The number of non-ortho nitro benzene ring substituents is 1. The zero-order valence-corrected chi connectivity index (χ0v) is 13.2. The molecule has 0 unspecified atom stereocenters. The summed E-state index contributed by atoms with van der Waals surface area (Å²) < 4.78 is 0.919. The number of nitro groups is 1. The van der Waals surface area contributed by atoms with Gasteiger partial charge < -0.3 is 5.32 Å². The molecule has 0 saturated heterocycles. The predicted octanol–water partition coefficient (Wildman–Crippen LogP) is 4.15. The van der Waals surface area contributed by atoms with Crippen LogP contribution in [0.3, 0.4) is 0 Å². The number of nitrogens with one attached hydrogen (secondary N) is 1. The van der Waals surface area contributed by atoms with Gasteiger partial charge in [0.25, 0.3) is 5.69 Å². The van der Waals surface area contributed by atoms with E-state index in [1.165, 1.54) is 29.5 Å². The van der Waals surface area contributed by atoms with Crippen molar-refractivity contribution in [3.05, 3.63) is 63.2 Å². The molecule has 1 aromatic heterocycles. The first-order valence-electron chi connectivity index (χ1n) is 6.60. The zero-order chi connectivity index (χ0) is 16.4. The minimum Gasteiger partial charge on any atom is -0.354 e. The predicted molar refractivity (Wildman–Crippen MR) is 90.5 cm³/mol. The van der Waals surface area contributed by atoms with Crippen LogP contribution in [0.1, 0.15) is 10.4 Å². The third-order valence-corrected chi connectivity index (χ3v) is 4.34. The highest BCUT2D eigenvalue weighted by atomic mass is 35.5. The van der Waals surface area contributed by atoms with E-state index in [9.17, 15) is 14.9 Å². The molecule has 0 atom stereocenters. The van der Waals surface area contributed by atoms with E-state index in [2.05, 4.69) is 10.3 Å². The molecule has 1 heterocycles. The summed E-state index contributed by atoms with van der Waals surface area (Å²) in [6.45, 7) is 0.00865. The minimum atomic E-state index is -0.526. The molecule has 1 N–H and O–H groups in total. The summed E-state index contributed by atoms with van der Waals surface area (Å²) in [5.41, 5.74) is 0.978. The van der Waals surface area contributed by atoms with E-state index in [0.717, 1.165) is 10.2 Å². The van der Waals surface area contributed by atoms with E-state index >= 15 is 0 Å². The molecule has 0 radical (unpaired) electrons. The summed E-state index contributed by atoms with van der Waals surface area (Å²) in [5.74, 6) is -0.244. The number of nitrogens with zero attached hydrogens (tertiary/aromatic N) is 2. The van der Waals surface area contributed by atoms with Gasteiger partial charge in [0.1, 0.15) is 0 Å². The highest BCUT2D eigenvalue weighted by molar-refractivity contribution is 7.22. The number of anilines is 1. The Labute approximate surface area is 139 Å². The molecular formula is C15H10ClN3O3S. The fourth-order valence-electron chi connectivity index (χ4n) is 2.02. The van der Waals surface area contributed by atoms with E-state index in [1.54, 1.807) is 12.1 Å². The number of hydrogen-bond donors (Lipinski definition) is 1. The van der Waals surface area contributed by atoms with Crippen LogP contribution in [0.15, 0.2) is 42.5 Å². The first kappa shape index (κ1) is 15.4. The van der Waals surface area contributed by atoms with Crippen LogP contribution in [0.4, 0.5) is 10.8 Å². The van der Waals surface area contributed by atoms with E-state index in [4.69, 9.17) is 11.6 Å². The molecular weight excluding hydrogens is 338 g/mol. The van der Waals surface area contributed by atoms with Gasteiger partial charge in [-0.1, -0.05) is 35.1 Å². The fraction of sp³-hybridized carbons (Fsp3) is 0.0667. The van der Waals surface area contributed by atoms with E-state index in [0.29, 0.717) is 10.2 Å². The van der Waals surface area contributed by atoms with Gasteiger partial charge in [0, 0.05) is 22.7 Å². The Hall–Kier alpha value is -2.51. The number of nitro benzene ring substituents is 1. The smallest absolute Gasteiger partial charge is 0.270 e. The van der Waals surface area contributed by atoms with Gasteiger partial charge in [-0.25, -0.2) is 4.98 Å². The van der Waals surface area contributed by atoms with E-state index in [1.807, 2.05) is 12.1 Å². The molecule has 0 fully saturated rings. The Morgan fingerprint density at radius 3 is 2.91 bits per heavy atom. The standard InChI is InChI=1S/C15H10ClN3O3S/c16-10-4-5-12-14(7-10)23-15(18-12)17-8-13(20)9-2-1-3-11(6-9)19(21)22/h1-7H,8H2,(H,17,18). The lowest BCUT2D eigenvalue weighted by Gasteiger charge is -2.02. The molecule has 2 aromatic carbocycles. The fourth-order valence-corrected chi connectivity index (χ4v) is 3.16. The van der Waals surface area contributed by atoms with Gasteiger partial charge in [-0.15, -0.1) is 0 Å². The first-order chi connectivity index (χ1) is 11.0. The molecule has 3 aromatic rings. The van der Waals surface area contributed by atoms with Gasteiger partial charge >= 0.3 is 0 Å². The summed E-state index contributed by atoms with van der Waals surface area (Å²) in [5, 5.41) is 14.9. The summed E-state index contributed by atoms with van der Waals surface area (Å²) in [6.07, 6.45) is 0. The Bertz CT molecular complexity index is 910. The van der Waals surface area contributed by atoms with Crippen LogP contribution in [-0.4, -0.2) is 22.2 Å². The largest absolute Gasteiger partial charge is 0.354 e. The number of benzene rings is 2. The maximum atomic E-state index is 12.1. The second kappa shape index (κ2) is 6.31. The number of rotatable bonds is 5. The number of aromatic nitrogens is 1. The Morgan fingerprint density at radius 1 is 1.30 bits per heavy atom. The molecule has 0 aliphatic heterocycles. The van der Waals surface area contributed by atoms with Crippen molar-refractivity contribution in [2.75, 3.05) is 11.9 Å². The van der Waals surface area contributed by atoms with Crippen molar-refractivity contribution in [2.24, 2.45) is 0 Å². The highest BCUT2D eigenvalue weighted by Crippen LogP contribution is 2.28. The number of halogens is 1. The van der Waals surface area contributed by atoms with Crippen molar-refractivity contribution < 1.29 is 9.72 Å². The molecule has 0 saturated carbocycles. The number of hydrogen-bond acceptors (Lipinski definition) is 6. The summed E-state index contributed by atoms with van der Waals surface area (Å²) in [4.78, 5) is 26.7. The number of thiazole rings is 1. The molecule has 0 aliphatic rings. The number of fused-ring (bicyclic) bond motifs is 1. The maximum absolute atomic E-state index is 12.1. The lowest BCUT2D eigenvalue weighted by Crippen LogP contribution is -2.13. The quantitative estimate of drug-likeness (QED) is 0.425. The summed E-state index contributed by atoms with van der Waals surface area (Å²) >= 11 is 7.31. The van der Waals surface area contributed by atoms with Gasteiger partial charge in [0.15, 0.2) is 10.9 Å². The SMILES string of the molecule is O=C(CNc1nc2ccc(Cl)cc2s1)c1cccc([N+](=O)[O-])c1. The van der Waals surface area contributed by atoms with E-state index in [-0.39, 0.29) is 23.6 Å². The second-order valence-electron chi connectivity index (χ2n) is 4.72. The van der Waals surface area contributed by atoms with Crippen LogP contribution in [0.5, 0.6) is 0 Å². The molecule has 23 heavy (non-hydrogen) atoms. The van der Waals surface area contributed by atoms with Crippen molar-refractivity contribution in [3.8, 4) is 0 Å². The normalized spacial score (nSPS) is 10.7. The zero-order valence-electron chi connectivity index (χ0n) is 11.7. The maximum Gasteiger partial charge on any atom is 0.270 e. The van der Waals surface area contributed by atoms with Crippen LogP contribution in [0.25, 0.3) is 10.2 Å². The van der Waals surface area contributed by atoms with Gasteiger partial charge in [-0.05, 0) is 18.2 Å². The molecule has 116 valence electrons. The van der Waals surface area contributed by atoms with Crippen molar-refractivity contribution >= 4 is 49.8 Å². The van der Waals surface area contributed by atoms with Crippen LogP contribution in [0, 0.1) is 10.1 Å². The van der Waals surface area contributed by atoms with Crippen molar-refractivity contribution in [1.82, 2.24) is 4.98 Å². The van der Waals surface area contributed by atoms with Crippen LogP contribution in [-0.2, 0) is 0 Å². The average molecular weight is 348 g/mol. The lowest BCUT2D eigenvalue weighted by molar-refractivity contribution is -0.384. The molecule has 8 heteroatoms. The van der Waals surface area contributed by atoms with Crippen LogP contribution >= 0.6 is 22.9 Å². The van der Waals surface area contributed by atoms with Gasteiger partial charge in [-0.2, -0.15) is 0 Å². The summed E-state index contributed by atoms with van der Waals surface area (Å²) in [6, 6.07) is 11.0. The Morgan fingerprint density at radius 2 is 2.13 bits per heavy atom. The van der Waals surface area contributed by atoms with E-state index < -0.39 is 4.92 Å². The average Bonchev–Trinajstić information content (AvgIpc) is 2.94. The van der Waals surface area contributed by atoms with Crippen molar-refractivity contribution in [1.29, 1.82) is 0 Å². The number of Topliss-reactive ketones (excluding diaryl/α,β-unsaturated/α-hetero) is 1. The molecule has 0 bridgehead atoms. The number of carbonyl (C=O) groups is 1. The Balaban J connectivity index is 1.72. The van der Waals surface area contributed by atoms with Gasteiger partial charge in [-0.3, -0.25) is 14.9 Å². The van der Waals surface area contributed by atoms with Crippen LogP contribution in [0.2, 0.25) is 5.02 Å². The van der Waals surface area contributed by atoms with Gasteiger partial charge in [0.05, 0.1) is 21.7 Å². The molecule has 0 aliphatic carbocycles. The molecule has 6 nitrogen and oxygen atoms in total. The third-order valence-electron chi connectivity index (χ3n) is 3.13. The Kier molecular flexibility index (Phi) is 4.22. The molecule has 0 amide bonds. The van der Waals surface area contributed by atoms with Gasteiger partial charge in [0.2, 0.25) is 0 Å². The van der Waals surface area contributed by atoms with Crippen molar-refractivity contribution in [3.63, 3.8) is 0 Å². The highest BCUT2D eigenvalue weighted by Gasteiger charge is 2.12.